The Morgan fingerprint density at radius 1 is 1.03 bits per heavy atom. The molecule has 2 aromatic carbocycles. The van der Waals surface area contributed by atoms with Gasteiger partial charge in [0.1, 0.15) is 5.69 Å². The Kier molecular flexibility index (Phi) is 4.83. The van der Waals surface area contributed by atoms with Crippen LogP contribution in [-0.4, -0.2) is 43.2 Å². The first-order chi connectivity index (χ1) is 14.7. The molecule has 0 saturated carbocycles. The first kappa shape index (κ1) is 18.6. The molecule has 0 bridgehead atoms. The minimum atomic E-state index is 0.0683. The van der Waals surface area contributed by atoms with Crippen LogP contribution in [0.5, 0.6) is 0 Å². The second-order valence-electron chi connectivity index (χ2n) is 8.03. The van der Waals surface area contributed by atoms with E-state index in [-0.39, 0.29) is 5.91 Å². The lowest BCUT2D eigenvalue weighted by atomic mass is 9.96. The minimum absolute atomic E-state index is 0.0683. The SMILES string of the molecule is Cn1nc(-c2ccccc2)cc1C(=O)N1CCC(Cn2cnc3ccccc32)CC1. The van der Waals surface area contributed by atoms with Gasteiger partial charge in [-0.1, -0.05) is 42.5 Å². The van der Waals surface area contributed by atoms with Crippen molar-refractivity contribution in [3.63, 3.8) is 0 Å². The number of hydrogen-bond acceptors (Lipinski definition) is 3. The fourth-order valence-electron chi connectivity index (χ4n) is 4.33. The summed E-state index contributed by atoms with van der Waals surface area (Å²) in [6.45, 7) is 2.51. The maximum Gasteiger partial charge on any atom is 0.272 e. The number of amides is 1. The number of imidazole rings is 1. The number of piperidine rings is 1. The highest BCUT2D eigenvalue weighted by molar-refractivity contribution is 5.93. The molecular weight excluding hydrogens is 374 g/mol. The van der Waals surface area contributed by atoms with Crippen molar-refractivity contribution >= 4 is 16.9 Å². The van der Waals surface area contributed by atoms with Gasteiger partial charge in [-0.15, -0.1) is 0 Å². The summed E-state index contributed by atoms with van der Waals surface area (Å²) in [5.74, 6) is 0.622. The molecule has 1 saturated heterocycles. The van der Waals surface area contributed by atoms with E-state index in [1.54, 1.807) is 4.68 Å². The second-order valence-corrected chi connectivity index (χ2v) is 8.03. The number of rotatable bonds is 4. The van der Waals surface area contributed by atoms with Crippen LogP contribution in [0.15, 0.2) is 67.0 Å². The predicted octanol–water partition coefficient (Wildman–Crippen LogP) is 3.99. The summed E-state index contributed by atoms with van der Waals surface area (Å²) in [5, 5.41) is 4.55. The molecule has 152 valence electrons. The van der Waals surface area contributed by atoms with E-state index >= 15 is 0 Å². The van der Waals surface area contributed by atoms with Gasteiger partial charge in [0, 0.05) is 32.2 Å². The summed E-state index contributed by atoms with van der Waals surface area (Å²) in [5.41, 5.74) is 4.73. The van der Waals surface area contributed by atoms with Crippen molar-refractivity contribution in [1.29, 1.82) is 0 Å². The first-order valence-electron chi connectivity index (χ1n) is 10.5. The Balaban J connectivity index is 1.24. The first-order valence-corrected chi connectivity index (χ1v) is 10.5. The molecular formula is C24H25N5O. The van der Waals surface area contributed by atoms with Gasteiger partial charge in [0.25, 0.3) is 5.91 Å². The average molecular weight is 399 g/mol. The number of benzene rings is 2. The van der Waals surface area contributed by atoms with Crippen LogP contribution in [0.25, 0.3) is 22.3 Å². The number of aryl methyl sites for hydroxylation is 1. The fraction of sp³-hybridized carbons (Fsp3) is 0.292. The minimum Gasteiger partial charge on any atom is -0.337 e. The van der Waals surface area contributed by atoms with Crippen LogP contribution in [-0.2, 0) is 13.6 Å². The summed E-state index contributed by atoms with van der Waals surface area (Å²) in [4.78, 5) is 19.6. The van der Waals surface area contributed by atoms with Gasteiger partial charge in [0.05, 0.1) is 23.1 Å². The molecule has 6 nitrogen and oxygen atoms in total. The third-order valence-corrected chi connectivity index (χ3v) is 6.05. The largest absolute Gasteiger partial charge is 0.337 e. The van der Waals surface area contributed by atoms with E-state index in [1.807, 2.05) is 66.8 Å². The molecule has 0 spiro atoms. The van der Waals surface area contributed by atoms with Gasteiger partial charge in [-0.3, -0.25) is 9.48 Å². The van der Waals surface area contributed by atoms with E-state index < -0.39 is 0 Å². The number of hydrogen-bond donors (Lipinski definition) is 0. The highest BCUT2D eigenvalue weighted by Crippen LogP contribution is 2.24. The lowest BCUT2D eigenvalue weighted by molar-refractivity contribution is 0.0672. The number of likely N-dealkylation sites (tertiary alicyclic amines) is 1. The zero-order valence-electron chi connectivity index (χ0n) is 17.1. The molecule has 5 rings (SSSR count). The fourth-order valence-corrected chi connectivity index (χ4v) is 4.33. The third-order valence-electron chi connectivity index (χ3n) is 6.05. The normalized spacial score (nSPS) is 15.0. The Hall–Kier alpha value is -3.41. The molecule has 1 aliphatic rings. The Bertz CT molecular complexity index is 1170. The molecule has 0 unspecified atom stereocenters. The monoisotopic (exact) mass is 399 g/mol. The summed E-state index contributed by atoms with van der Waals surface area (Å²) in [6, 6.07) is 20.1. The van der Waals surface area contributed by atoms with Gasteiger partial charge >= 0.3 is 0 Å². The van der Waals surface area contributed by atoms with E-state index in [2.05, 4.69) is 26.8 Å². The number of nitrogens with zero attached hydrogens (tertiary/aromatic N) is 5. The molecule has 1 fully saturated rings. The van der Waals surface area contributed by atoms with Gasteiger partial charge in [-0.2, -0.15) is 5.10 Å². The summed E-state index contributed by atoms with van der Waals surface area (Å²) < 4.78 is 3.94. The lowest BCUT2D eigenvalue weighted by Gasteiger charge is -2.32. The number of para-hydroxylation sites is 2. The van der Waals surface area contributed by atoms with Gasteiger partial charge in [0.15, 0.2) is 0 Å². The van der Waals surface area contributed by atoms with Gasteiger partial charge in [0.2, 0.25) is 0 Å². The van der Waals surface area contributed by atoms with E-state index in [0.29, 0.717) is 11.6 Å². The van der Waals surface area contributed by atoms with Gasteiger partial charge in [-0.25, -0.2) is 4.98 Å². The molecule has 1 amide bonds. The number of aromatic nitrogens is 4. The molecule has 2 aromatic heterocycles. The zero-order chi connectivity index (χ0) is 20.5. The third kappa shape index (κ3) is 3.49. The van der Waals surface area contributed by atoms with Crippen LogP contribution >= 0.6 is 0 Å². The van der Waals surface area contributed by atoms with Gasteiger partial charge < -0.3 is 9.47 Å². The molecule has 0 atom stereocenters. The molecule has 4 aromatic rings. The maximum absolute atomic E-state index is 13.1. The van der Waals surface area contributed by atoms with E-state index in [9.17, 15) is 4.79 Å². The smallest absolute Gasteiger partial charge is 0.272 e. The topological polar surface area (TPSA) is 56.0 Å². The molecule has 30 heavy (non-hydrogen) atoms. The summed E-state index contributed by atoms with van der Waals surface area (Å²) >= 11 is 0. The Morgan fingerprint density at radius 2 is 1.77 bits per heavy atom. The predicted molar refractivity (Wildman–Crippen MR) is 117 cm³/mol. The highest BCUT2D eigenvalue weighted by Gasteiger charge is 2.26. The van der Waals surface area contributed by atoms with Gasteiger partial charge in [-0.05, 0) is 37.0 Å². The van der Waals surface area contributed by atoms with Crippen molar-refractivity contribution in [1.82, 2.24) is 24.2 Å². The van der Waals surface area contributed by atoms with Crippen molar-refractivity contribution in [3.05, 3.63) is 72.7 Å². The molecule has 0 radical (unpaired) electrons. The lowest BCUT2D eigenvalue weighted by Crippen LogP contribution is -2.40. The van der Waals surface area contributed by atoms with Crippen molar-refractivity contribution in [2.75, 3.05) is 13.1 Å². The van der Waals surface area contributed by atoms with Crippen LogP contribution in [0.4, 0.5) is 0 Å². The zero-order valence-corrected chi connectivity index (χ0v) is 17.1. The van der Waals surface area contributed by atoms with Crippen molar-refractivity contribution in [2.24, 2.45) is 13.0 Å². The highest BCUT2D eigenvalue weighted by atomic mass is 16.2. The van der Waals surface area contributed by atoms with Crippen molar-refractivity contribution in [3.8, 4) is 11.3 Å². The Morgan fingerprint density at radius 3 is 2.57 bits per heavy atom. The second kappa shape index (κ2) is 7.78. The average Bonchev–Trinajstić information content (AvgIpc) is 3.38. The molecule has 0 N–H and O–H groups in total. The van der Waals surface area contributed by atoms with Crippen LogP contribution in [0.3, 0.4) is 0 Å². The standard InChI is InChI=1S/C24H25N5O/c1-27-23(15-21(26-27)19-7-3-2-4-8-19)24(30)28-13-11-18(12-14-28)16-29-17-25-20-9-5-6-10-22(20)29/h2-10,15,17-18H,11-14,16H2,1H3. The molecule has 3 heterocycles. The van der Waals surface area contributed by atoms with Crippen molar-refractivity contribution in [2.45, 2.75) is 19.4 Å². The number of carbonyl (C=O) groups is 1. The van der Waals surface area contributed by atoms with E-state index in [0.717, 1.165) is 49.2 Å². The quantitative estimate of drug-likeness (QED) is 0.521. The van der Waals surface area contributed by atoms with E-state index in [4.69, 9.17) is 0 Å². The van der Waals surface area contributed by atoms with Crippen LogP contribution in [0.1, 0.15) is 23.3 Å². The van der Waals surface area contributed by atoms with Crippen LogP contribution < -0.4 is 0 Å². The number of fused-ring (bicyclic) bond motifs is 1. The summed E-state index contributed by atoms with van der Waals surface area (Å²) in [6.07, 6.45) is 3.94. The Labute approximate surface area is 175 Å². The van der Waals surface area contributed by atoms with E-state index in [1.165, 1.54) is 5.52 Å². The van der Waals surface area contributed by atoms with Crippen molar-refractivity contribution < 1.29 is 4.79 Å². The van der Waals surface area contributed by atoms with Crippen LogP contribution in [0, 0.1) is 5.92 Å². The maximum atomic E-state index is 13.1. The molecule has 1 aliphatic heterocycles. The van der Waals surface area contributed by atoms with Crippen LogP contribution in [0.2, 0.25) is 0 Å². The molecule has 6 heteroatoms. The molecule has 0 aliphatic carbocycles. The summed E-state index contributed by atoms with van der Waals surface area (Å²) in [7, 11) is 1.84. The number of carbonyl (C=O) groups excluding carboxylic acids is 1.